The van der Waals surface area contributed by atoms with Gasteiger partial charge in [0.1, 0.15) is 0 Å². The summed E-state index contributed by atoms with van der Waals surface area (Å²) in [6.45, 7) is 7.80. The molecule has 0 heterocycles. The van der Waals surface area contributed by atoms with Crippen molar-refractivity contribution in [3.8, 4) is 0 Å². The van der Waals surface area contributed by atoms with Crippen LogP contribution in [0.25, 0.3) is 21.5 Å². The average Bonchev–Trinajstić information content (AvgIpc) is 2.74. The van der Waals surface area contributed by atoms with E-state index in [2.05, 4.69) is 37.4 Å². The molecule has 0 atom stereocenters. The van der Waals surface area contributed by atoms with Gasteiger partial charge in [-0.15, -0.1) is 13.2 Å². The van der Waals surface area contributed by atoms with Crippen molar-refractivity contribution in [1.82, 2.24) is 0 Å². The molecule has 1 heteroatoms. The van der Waals surface area contributed by atoms with E-state index in [0.717, 1.165) is 43.8 Å². The number of carbonyl (C=O) groups is 1. The van der Waals surface area contributed by atoms with Gasteiger partial charge in [-0.05, 0) is 45.5 Å². The Balaban J connectivity index is 1.95. The second-order valence-corrected chi connectivity index (χ2v) is 6.94. The minimum absolute atomic E-state index is 0.0604. The lowest BCUT2D eigenvalue weighted by Gasteiger charge is -2.15. The normalized spacial score (nSPS) is 10.9. The molecule has 0 saturated heterocycles. The van der Waals surface area contributed by atoms with Gasteiger partial charge in [-0.3, -0.25) is 4.79 Å². The maximum Gasteiger partial charge on any atom is 0.193 e. The van der Waals surface area contributed by atoms with Crippen LogP contribution in [0.1, 0.15) is 27.0 Å². The molecule has 4 rings (SSSR count). The molecule has 0 aliphatic rings. The number of ketones is 1. The summed E-state index contributed by atoms with van der Waals surface area (Å²) in [7, 11) is 0. The number of carbonyl (C=O) groups excluding carboxylic acids is 1. The first-order chi connectivity index (χ1) is 13.7. The van der Waals surface area contributed by atoms with Crippen molar-refractivity contribution in [1.29, 1.82) is 0 Å². The van der Waals surface area contributed by atoms with E-state index < -0.39 is 0 Å². The first-order valence-electron chi connectivity index (χ1n) is 9.52. The summed E-state index contributed by atoms with van der Waals surface area (Å²) in [5.41, 5.74) is 3.57. The van der Waals surface area contributed by atoms with E-state index in [1.807, 2.05) is 60.7 Å². The van der Waals surface area contributed by atoms with Crippen LogP contribution in [0, 0.1) is 0 Å². The summed E-state index contributed by atoms with van der Waals surface area (Å²) < 4.78 is 0. The van der Waals surface area contributed by atoms with Crippen LogP contribution in [-0.2, 0) is 12.8 Å². The Bertz CT molecular complexity index is 1120. The van der Waals surface area contributed by atoms with Crippen molar-refractivity contribution < 1.29 is 4.79 Å². The van der Waals surface area contributed by atoms with E-state index >= 15 is 0 Å². The molecule has 28 heavy (non-hydrogen) atoms. The van der Waals surface area contributed by atoms with Gasteiger partial charge in [-0.2, -0.15) is 0 Å². The third kappa shape index (κ3) is 3.05. The molecule has 0 N–H and O–H groups in total. The number of hydrogen-bond acceptors (Lipinski definition) is 1. The van der Waals surface area contributed by atoms with Crippen LogP contribution in [0.2, 0.25) is 0 Å². The largest absolute Gasteiger partial charge is 0.289 e. The predicted molar refractivity (Wildman–Crippen MR) is 119 cm³/mol. The van der Waals surface area contributed by atoms with Gasteiger partial charge in [-0.1, -0.05) is 84.9 Å². The molecule has 0 fully saturated rings. The van der Waals surface area contributed by atoms with Gasteiger partial charge in [0, 0.05) is 11.1 Å². The van der Waals surface area contributed by atoms with Crippen LogP contribution < -0.4 is 0 Å². The molecular weight excluding hydrogens is 340 g/mol. The lowest BCUT2D eigenvalue weighted by Crippen LogP contribution is -2.09. The summed E-state index contributed by atoms with van der Waals surface area (Å²) >= 11 is 0. The maximum absolute atomic E-state index is 13.7. The van der Waals surface area contributed by atoms with Crippen LogP contribution in [0.4, 0.5) is 0 Å². The first kappa shape index (κ1) is 17.9. The molecule has 0 radical (unpaired) electrons. The van der Waals surface area contributed by atoms with Gasteiger partial charge >= 0.3 is 0 Å². The van der Waals surface area contributed by atoms with Crippen LogP contribution in [0.3, 0.4) is 0 Å². The Hall–Kier alpha value is -3.45. The molecule has 4 aromatic carbocycles. The third-order valence-electron chi connectivity index (χ3n) is 5.27. The molecule has 0 amide bonds. The molecule has 0 bridgehead atoms. The Morgan fingerprint density at radius 3 is 1.50 bits per heavy atom. The Labute approximate surface area is 165 Å². The monoisotopic (exact) mass is 362 g/mol. The Morgan fingerprint density at radius 2 is 1.07 bits per heavy atom. The predicted octanol–water partition coefficient (Wildman–Crippen LogP) is 6.68. The van der Waals surface area contributed by atoms with Crippen molar-refractivity contribution >= 4 is 27.3 Å². The summed E-state index contributed by atoms with van der Waals surface area (Å²) in [5.74, 6) is 0.0604. The second kappa shape index (κ2) is 7.66. The van der Waals surface area contributed by atoms with Gasteiger partial charge in [0.05, 0.1) is 0 Å². The van der Waals surface area contributed by atoms with Gasteiger partial charge in [-0.25, -0.2) is 0 Å². The Kier molecular flexibility index (Phi) is 4.90. The van der Waals surface area contributed by atoms with Gasteiger partial charge < -0.3 is 0 Å². The quantitative estimate of drug-likeness (QED) is 0.276. The minimum Gasteiger partial charge on any atom is -0.289 e. The molecule has 0 aliphatic heterocycles. The zero-order valence-corrected chi connectivity index (χ0v) is 15.8. The van der Waals surface area contributed by atoms with Crippen molar-refractivity contribution in [3.63, 3.8) is 0 Å². The highest BCUT2D eigenvalue weighted by atomic mass is 16.1. The molecule has 1 nitrogen and oxygen atoms in total. The molecule has 0 aromatic heterocycles. The zero-order valence-electron chi connectivity index (χ0n) is 15.8. The fourth-order valence-corrected chi connectivity index (χ4v) is 3.97. The highest BCUT2D eigenvalue weighted by molar-refractivity contribution is 6.15. The van der Waals surface area contributed by atoms with Crippen molar-refractivity contribution in [3.05, 3.63) is 120 Å². The maximum atomic E-state index is 13.7. The molecule has 0 spiro atoms. The molecule has 0 unspecified atom stereocenters. The first-order valence-corrected chi connectivity index (χ1v) is 9.52. The van der Waals surface area contributed by atoms with Gasteiger partial charge in [0.15, 0.2) is 5.78 Å². The van der Waals surface area contributed by atoms with E-state index in [1.165, 1.54) is 0 Å². The van der Waals surface area contributed by atoms with E-state index in [4.69, 9.17) is 0 Å². The van der Waals surface area contributed by atoms with Crippen molar-refractivity contribution in [2.24, 2.45) is 0 Å². The summed E-state index contributed by atoms with van der Waals surface area (Å²) in [5, 5.41) is 4.50. The fraction of sp³-hybridized carbons (Fsp3) is 0.0741. The standard InChI is InChI=1S/C27H22O/c1-3-9-23-21-13-7-5-11-19(21)15-17-25(23)27(28)26-18-16-20-12-6-8-14-22(20)24(26)10-4-2/h3-8,11-18H,1-2,9-10H2. The number of rotatable bonds is 6. The minimum atomic E-state index is 0.0604. The zero-order chi connectivity index (χ0) is 19.5. The highest BCUT2D eigenvalue weighted by Crippen LogP contribution is 2.29. The lowest BCUT2D eigenvalue weighted by atomic mass is 9.88. The molecular formula is C27H22O. The van der Waals surface area contributed by atoms with E-state index in [0.29, 0.717) is 12.8 Å². The van der Waals surface area contributed by atoms with E-state index in [9.17, 15) is 4.79 Å². The van der Waals surface area contributed by atoms with Crippen LogP contribution in [0.5, 0.6) is 0 Å². The number of allylic oxidation sites excluding steroid dienone is 2. The molecule has 0 aliphatic carbocycles. The number of hydrogen-bond donors (Lipinski definition) is 0. The highest BCUT2D eigenvalue weighted by Gasteiger charge is 2.19. The van der Waals surface area contributed by atoms with E-state index in [1.54, 1.807) is 0 Å². The molecule has 136 valence electrons. The summed E-state index contributed by atoms with van der Waals surface area (Å²) in [6.07, 6.45) is 5.05. The smallest absolute Gasteiger partial charge is 0.193 e. The van der Waals surface area contributed by atoms with Gasteiger partial charge in [0.2, 0.25) is 0 Å². The molecule has 4 aromatic rings. The van der Waals surface area contributed by atoms with Gasteiger partial charge in [0.25, 0.3) is 0 Å². The lowest BCUT2D eigenvalue weighted by molar-refractivity contribution is 0.103. The van der Waals surface area contributed by atoms with Crippen LogP contribution in [0.15, 0.2) is 98.1 Å². The summed E-state index contributed by atoms with van der Waals surface area (Å²) in [4.78, 5) is 13.7. The summed E-state index contributed by atoms with van der Waals surface area (Å²) in [6, 6.07) is 24.4. The topological polar surface area (TPSA) is 17.1 Å². The molecule has 0 saturated carbocycles. The SMILES string of the molecule is C=CCc1c(C(=O)c2ccc3ccccc3c2CC=C)ccc2ccccc12. The Morgan fingerprint density at radius 1 is 0.643 bits per heavy atom. The average molecular weight is 362 g/mol. The van der Waals surface area contributed by atoms with Crippen molar-refractivity contribution in [2.75, 3.05) is 0 Å². The van der Waals surface area contributed by atoms with Crippen molar-refractivity contribution in [2.45, 2.75) is 12.8 Å². The number of fused-ring (bicyclic) bond motifs is 2. The van der Waals surface area contributed by atoms with Crippen LogP contribution in [-0.4, -0.2) is 5.78 Å². The third-order valence-corrected chi connectivity index (χ3v) is 5.27. The van der Waals surface area contributed by atoms with Crippen LogP contribution >= 0.6 is 0 Å². The fourth-order valence-electron chi connectivity index (χ4n) is 3.97. The second-order valence-electron chi connectivity index (χ2n) is 6.94. The number of benzene rings is 4. The van der Waals surface area contributed by atoms with E-state index in [-0.39, 0.29) is 5.78 Å².